The highest BCUT2D eigenvalue weighted by atomic mass is 35.5. The van der Waals surface area contributed by atoms with Gasteiger partial charge in [0.15, 0.2) is 29.4 Å². The van der Waals surface area contributed by atoms with E-state index in [2.05, 4.69) is 30.1 Å². The number of carbonyl (C=O) groups excluding carboxylic acids is 1. The molecule has 4 rings (SSSR count). The molecule has 3 aromatic rings. The molecular formula is C22H28ClFN7O7P. The third-order valence-electron chi connectivity index (χ3n) is 6.00. The molecule has 14 nitrogen and oxygen atoms in total. The maximum absolute atomic E-state index is 15.6. The van der Waals surface area contributed by atoms with Gasteiger partial charge in [-0.3, -0.25) is 13.9 Å². The second-order valence-corrected chi connectivity index (χ2v) is 10.6. The molecule has 5 N–H and O–H groups in total. The average molecular weight is 588 g/mol. The fraction of sp³-hybridized carbons (Fsp3) is 0.455. The first-order valence-electron chi connectivity index (χ1n) is 11.6. The first kappa shape index (κ1) is 28.9. The summed E-state index contributed by atoms with van der Waals surface area (Å²) in [5.41, 5.74) is 4.33. The summed E-state index contributed by atoms with van der Waals surface area (Å²) >= 11 is 6.17. The number of anilines is 2. The number of imidazole rings is 1. The summed E-state index contributed by atoms with van der Waals surface area (Å²) < 4.78 is 52.3. The van der Waals surface area contributed by atoms with Crippen molar-refractivity contribution in [1.82, 2.24) is 24.6 Å². The van der Waals surface area contributed by atoms with E-state index in [0.29, 0.717) is 11.3 Å². The van der Waals surface area contributed by atoms with Crippen LogP contribution in [0.25, 0.3) is 11.2 Å². The van der Waals surface area contributed by atoms with E-state index in [9.17, 15) is 14.5 Å². The van der Waals surface area contributed by atoms with Crippen molar-refractivity contribution in [1.29, 1.82) is 0 Å². The number of carbonyl (C=O) groups is 1. The van der Waals surface area contributed by atoms with Crippen LogP contribution >= 0.6 is 19.3 Å². The van der Waals surface area contributed by atoms with Crippen molar-refractivity contribution in [2.45, 2.75) is 37.1 Å². The number of rotatable bonds is 11. The number of alkyl halides is 2. The van der Waals surface area contributed by atoms with Gasteiger partial charge in [0.1, 0.15) is 23.5 Å². The fourth-order valence-corrected chi connectivity index (χ4v) is 5.81. The molecule has 1 aromatic carbocycles. The van der Waals surface area contributed by atoms with Crippen molar-refractivity contribution in [3.05, 3.63) is 36.7 Å². The third kappa shape index (κ3) is 5.78. The normalized spacial score (nSPS) is 25.2. The summed E-state index contributed by atoms with van der Waals surface area (Å²) in [5, 5.41) is 16.2. The second kappa shape index (κ2) is 11.6. The Labute approximate surface area is 227 Å². The highest BCUT2D eigenvalue weighted by molar-refractivity contribution is 7.52. The van der Waals surface area contributed by atoms with Gasteiger partial charge in [-0.25, -0.2) is 13.9 Å². The Balaban J connectivity index is 1.62. The number of benzene rings is 1. The Morgan fingerprint density at radius 2 is 2.10 bits per heavy atom. The molecule has 0 amide bonds. The van der Waals surface area contributed by atoms with Gasteiger partial charge < -0.3 is 30.2 Å². The van der Waals surface area contributed by atoms with E-state index in [0.717, 1.165) is 7.11 Å². The largest absolute Gasteiger partial charge is 0.468 e. The minimum Gasteiger partial charge on any atom is -0.468 e. The highest BCUT2D eigenvalue weighted by Crippen LogP contribution is 2.49. The number of hydrogen-bond acceptors (Lipinski definition) is 12. The number of ether oxygens (including phenoxy) is 2. The molecule has 6 atom stereocenters. The molecule has 1 saturated heterocycles. The van der Waals surface area contributed by atoms with Crippen molar-refractivity contribution in [3.8, 4) is 5.75 Å². The average Bonchev–Trinajstić information content (AvgIpc) is 3.45. The van der Waals surface area contributed by atoms with Crippen LogP contribution in [0.3, 0.4) is 0 Å². The second-order valence-electron chi connectivity index (χ2n) is 8.65. The van der Waals surface area contributed by atoms with Crippen molar-refractivity contribution in [2.75, 3.05) is 37.7 Å². The molecule has 0 unspecified atom stereocenters. The van der Waals surface area contributed by atoms with Gasteiger partial charge in [0.2, 0.25) is 5.95 Å². The predicted molar refractivity (Wildman–Crippen MR) is 139 cm³/mol. The van der Waals surface area contributed by atoms with E-state index in [1.807, 2.05) is 0 Å². The summed E-state index contributed by atoms with van der Waals surface area (Å²) in [6.07, 6.45) is -4.06. The molecule has 1 fully saturated rings. The number of nitrogens with zero attached hydrogens (tertiary/aromatic N) is 4. The van der Waals surface area contributed by atoms with E-state index in [1.165, 1.54) is 30.0 Å². The number of hydrogen-bond donors (Lipinski definition) is 4. The number of fused-ring (bicyclic) bond motifs is 1. The Morgan fingerprint density at radius 3 is 2.74 bits per heavy atom. The summed E-state index contributed by atoms with van der Waals surface area (Å²) in [6.45, 7) is 0.699. The molecule has 0 saturated carbocycles. The fourth-order valence-electron chi connectivity index (χ4n) is 3.96. The molecule has 212 valence electrons. The van der Waals surface area contributed by atoms with Crippen molar-refractivity contribution >= 4 is 48.2 Å². The lowest BCUT2D eigenvalue weighted by atomic mass is 9.99. The maximum Gasteiger partial charge on any atom is 0.459 e. The summed E-state index contributed by atoms with van der Waals surface area (Å²) in [7, 11) is -1.58. The number of halogens is 2. The topological polar surface area (TPSA) is 185 Å². The zero-order valence-corrected chi connectivity index (χ0v) is 22.8. The molecule has 0 spiro atoms. The lowest BCUT2D eigenvalue weighted by Crippen LogP contribution is -2.48. The van der Waals surface area contributed by atoms with Crippen LogP contribution in [-0.4, -0.2) is 81.2 Å². The summed E-state index contributed by atoms with van der Waals surface area (Å²) in [4.78, 5) is 24.4. The Kier molecular flexibility index (Phi) is 8.59. The number of para-hydroxylation sites is 1. The summed E-state index contributed by atoms with van der Waals surface area (Å²) in [5.74, 6) is -0.838. The van der Waals surface area contributed by atoms with Crippen LogP contribution in [0.5, 0.6) is 5.75 Å². The first-order valence-corrected chi connectivity index (χ1v) is 13.7. The van der Waals surface area contributed by atoms with E-state index < -0.39 is 56.3 Å². The molecule has 2 aromatic heterocycles. The van der Waals surface area contributed by atoms with Gasteiger partial charge in [0.05, 0.1) is 25.9 Å². The molecule has 39 heavy (non-hydrogen) atoms. The van der Waals surface area contributed by atoms with Gasteiger partial charge in [0.25, 0.3) is 0 Å². The van der Waals surface area contributed by atoms with Crippen molar-refractivity contribution in [3.63, 3.8) is 0 Å². The van der Waals surface area contributed by atoms with E-state index in [4.69, 9.17) is 31.1 Å². The van der Waals surface area contributed by atoms with Crippen LogP contribution in [-0.2, 0) is 23.4 Å². The SMILES string of the molecule is CNc1nc(N)nc2c1ncn2[C@@H]1O[C@](CCl)(CO[P@](=O)(N[C@H](C)C(=O)OC)Oc2ccccc2)[C@@H](O)[C@@H]1F. The van der Waals surface area contributed by atoms with Crippen LogP contribution < -0.4 is 20.7 Å². The lowest BCUT2D eigenvalue weighted by Gasteiger charge is -2.31. The number of aromatic nitrogens is 4. The molecule has 1 aliphatic rings. The zero-order chi connectivity index (χ0) is 28.4. The number of nitrogens with one attached hydrogen (secondary N) is 2. The van der Waals surface area contributed by atoms with Gasteiger partial charge in [-0.15, -0.1) is 11.6 Å². The number of methoxy groups -OCH3 is 1. The molecule has 0 bridgehead atoms. The zero-order valence-electron chi connectivity index (χ0n) is 21.2. The minimum absolute atomic E-state index is 0.0979. The van der Waals surface area contributed by atoms with Crippen molar-refractivity contribution < 1.29 is 37.4 Å². The third-order valence-corrected chi connectivity index (χ3v) is 8.07. The van der Waals surface area contributed by atoms with Gasteiger partial charge in [0, 0.05) is 7.05 Å². The van der Waals surface area contributed by atoms with Crippen LogP contribution in [0.4, 0.5) is 16.2 Å². The van der Waals surface area contributed by atoms with Crippen LogP contribution in [0.15, 0.2) is 36.7 Å². The van der Waals surface area contributed by atoms with Crippen LogP contribution in [0.2, 0.25) is 0 Å². The molecule has 0 radical (unpaired) electrons. The standard InChI is InChI=1S/C22H28ClFN7O7P/c1-12(20(33)35-3)30-39(34,38-13-7-5-4-6-8-13)36-10-22(9-23)16(32)14(24)19(37-22)31-11-27-15-17(26-2)28-21(25)29-18(15)31/h4-8,11-12,14,16,19,32H,9-10H2,1-3H3,(H,30,34)(H3,25,26,28,29)/t12-,14+,16+,19-,22-,39-/m1/s1. The Morgan fingerprint density at radius 1 is 1.38 bits per heavy atom. The Bertz CT molecular complexity index is 1370. The Hall–Kier alpha value is -3.07. The molecular weight excluding hydrogens is 560 g/mol. The monoisotopic (exact) mass is 587 g/mol. The quantitative estimate of drug-likeness (QED) is 0.145. The predicted octanol–water partition coefficient (Wildman–Crippen LogP) is 2.01. The van der Waals surface area contributed by atoms with Gasteiger partial charge in [-0.1, -0.05) is 18.2 Å². The van der Waals surface area contributed by atoms with Crippen LogP contribution in [0.1, 0.15) is 13.2 Å². The molecule has 3 heterocycles. The van der Waals surface area contributed by atoms with Crippen molar-refractivity contribution in [2.24, 2.45) is 0 Å². The molecule has 1 aliphatic heterocycles. The van der Waals surface area contributed by atoms with E-state index >= 15 is 4.39 Å². The maximum atomic E-state index is 15.6. The van der Waals surface area contributed by atoms with Crippen LogP contribution in [0, 0.1) is 0 Å². The highest BCUT2D eigenvalue weighted by Gasteiger charge is 2.57. The number of aliphatic hydroxyl groups is 1. The van der Waals surface area contributed by atoms with E-state index in [1.54, 1.807) is 25.2 Å². The number of aliphatic hydroxyl groups excluding tert-OH is 1. The van der Waals surface area contributed by atoms with Gasteiger partial charge >= 0.3 is 13.7 Å². The smallest absolute Gasteiger partial charge is 0.459 e. The van der Waals surface area contributed by atoms with Gasteiger partial charge in [-0.05, 0) is 19.1 Å². The molecule has 0 aliphatic carbocycles. The number of nitrogen functional groups attached to an aromatic ring is 1. The van der Waals surface area contributed by atoms with E-state index in [-0.39, 0.29) is 17.3 Å². The lowest BCUT2D eigenvalue weighted by molar-refractivity contribution is -0.142. The minimum atomic E-state index is -4.34. The summed E-state index contributed by atoms with van der Waals surface area (Å²) in [6, 6.07) is 6.91. The first-order chi connectivity index (χ1) is 18.6. The van der Waals surface area contributed by atoms with Gasteiger partial charge in [-0.2, -0.15) is 15.1 Å². The number of nitrogens with two attached hydrogens (primary N) is 1. The molecule has 17 heteroatoms. The number of esters is 1.